The number of nitrogens with zero attached hydrogens (tertiary/aromatic N) is 6. The highest BCUT2D eigenvalue weighted by molar-refractivity contribution is 5.81. The number of rotatable bonds is 4. The van der Waals surface area contributed by atoms with E-state index >= 15 is 0 Å². The second-order valence-corrected chi connectivity index (χ2v) is 6.50. The van der Waals surface area contributed by atoms with Crippen LogP contribution >= 0.6 is 0 Å². The van der Waals surface area contributed by atoms with Crippen LogP contribution in [0.15, 0.2) is 67.0 Å². The molecule has 2 aromatic carbocycles. The van der Waals surface area contributed by atoms with E-state index in [4.69, 9.17) is 4.98 Å². The van der Waals surface area contributed by atoms with Crippen LogP contribution in [0.25, 0.3) is 33.5 Å². The Bertz CT molecular complexity index is 1270. The van der Waals surface area contributed by atoms with Gasteiger partial charge in [-0.1, -0.05) is 53.7 Å². The van der Waals surface area contributed by atoms with Crippen molar-refractivity contribution >= 4 is 22.2 Å². The summed E-state index contributed by atoms with van der Waals surface area (Å²) in [7, 11) is 0. The molecule has 0 bridgehead atoms. The summed E-state index contributed by atoms with van der Waals surface area (Å²) in [6, 6.07) is 17.6. The van der Waals surface area contributed by atoms with Gasteiger partial charge in [0.15, 0.2) is 5.65 Å². The molecular weight excluding hydrogens is 352 g/mol. The van der Waals surface area contributed by atoms with Crippen molar-refractivity contribution in [1.29, 1.82) is 0 Å². The van der Waals surface area contributed by atoms with Gasteiger partial charge in [0.25, 0.3) is 0 Å². The molecule has 5 aromatic rings. The van der Waals surface area contributed by atoms with Crippen LogP contribution in [-0.4, -0.2) is 35.1 Å². The van der Waals surface area contributed by atoms with Gasteiger partial charge in [0.2, 0.25) is 5.65 Å². The van der Waals surface area contributed by atoms with Crippen molar-refractivity contribution in [3.63, 3.8) is 0 Å². The minimum absolute atomic E-state index is 0.0146. The molecule has 136 valence electrons. The number of fused-ring (bicyclic) bond motifs is 2. The van der Waals surface area contributed by atoms with Crippen molar-refractivity contribution in [2.24, 2.45) is 0 Å². The number of benzene rings is 2. The molecule has 0 aliphatic heterocycles. The summed E-state index contributed by atoms with van der Waals surface area (Å²) in [5, 5.41) is 18.7. The van der Waals surface area contributed by atoms with Crippen LogP contribution in [0.4, 0.5) is 0 Å². The summed E-state index contributed by atoms with van der Waals surface area (Å²) in [6.45, 7) is 0.521. The van der Waals surface area contributed by atoms with Crippen molar-refractivity contribution in [2.75, 3.05) is 0 Å². The zero-order chi connectivity index (χ0) is 18.9. The van der Waals surface area contributed by atoms with E-state index in [1.54, 1.807) is 17.1 Å². The first kappa shape index (κ1) is 16.5. The Morgan fingerprint density at radius 2 is 1.79 bits per heavy atom. The van der Waals surface area contributed by atoms with Crippen LogP contribution in [0, 0.1) is 0 Å². The molecule has 0 aliphatic carbocycles. The Hall–Kier alpha value is -3.71. The molecule has 0 saturated carbocycles. The second kappa shape index (κ2) is 6.79. The summed E-state index contributed by atoms with van der Waals surface area (Å²) in [6.07, 6.45) is 3.48. The minimum atomic E-state index is 0.0146. The lowest BCUT2D eigenvalue weighted by atomic mass is 10.1. The molecule has 0 radical (unpaired) electrons. The third kappa shape index (κ3) is 2.87. The minimum Gasteiger partial charge on any atom is -0.392 e. The molecular formula is C21H16N6O. The number of aromatic nitrogens is 6. The number of hydrogen-bond donors (Lipinski definition) is 1. The highest BCUT2D eigenvalue weighted by Crippen LogP contribution is 2.21. The molecule has 1 N–H and O–H groups in total. The van der Waals surface area contributed by atoms with E-state index in [1.165, 1.54) is 0 Å². The molecule has 3 heterocycles. The van der Waals surface area contributed by atoms with Crippen LogP contribution in [0.3, 0.4) is 0 Å². The van der Waals surface area contributed by atoms with Crippen LogP contribution in [-0.2, 0) is 13.2 Å². The number of hydrogen-bond acceptors (Lipinski definition) is 6. The predicted octanol–water partition coefficient (Wildman–Crippen LogP) is 2.98. The molecule has 28 heavy (non-hydrogen) atoms. The Balaban J connectivity index is 1.56. The fraction of sp³-hybridized carbons (Fsp3) is 0.0952. The summed E-state index contributed by atoms with van der Waals surface area (Å²) in [5.74, 6) is 0. The molecule has 7 nitrogen and oxygen atoms in total. The third-order valence-corrected chi connectivity index (χ3v) is 4.70. The highest BCUT2D eigenvalue weighted by atomic mass is 16.3. The first-order valence-electron chi connectivity index (χ1n) is 8.91. The van der Waals surface area contributed by atoms with Gasteiger partial charge in [-0.2, -0.15) is 0 Å². The van der Waals surface area contributed by atoms with Crippen molar-refractivity contribution in [3.05, 3.63) is 78.1 Å². The molecule has 7 heteroatoms. The number of pyridine rings is 1. The third-order valence-electron chi connectivity index (χ3n) is 4.70. The van der Waals surface area contributed by atoms with E-state index in [9.17, 15) is 5.11 Å². The van der Waals surface area contributed by atoms with E-state index < -0.39 is 0 Å². The van der Waals surface area contributed by atoms with Gasteiger partial charge >= 0.3 is 0 Å². The van der Waals surface area contributed by atoms with Crippen molar-refractivity contribution in [3.8, 4) is 11.3 Å². The fourth-order valence-corrected chi connectivity index (χ4v) is 3.24. The van der Waals surface area contributed by atoms with Gasteiger partial charge in [-0.15, -0.1) is 5.10 Å². The van der Waals surface area contributed by atoms with Crippen molar-refractivity contribution in [2.45, 2.75) is 13.2 Å². The van der Waals surface area contributed by atoms with Gasteiger partial charge in [0, 0.05) is 17.1 Å². The maximum Gasteiger partial charge on any atom is 0.221 e. The largest absolute Gasteiger partial charge is 0.392 e. The van der Waals surface area contributed by atoms with Gasteiger partial charge in [0.05, 0.1) is 30.6 Å². The molecule has 0 amide bonds. The Morgan fingerprint density at radius 3 is 2.64 bits per heavy atom. The first-order chi connectivity index (χ1) is 13.8. The molecule has 0 aliphatic rings. The summed E-state index contributed by atoms with van der Waals surface area (Å²) >= 11 is 0. The van der Waals surface area contributed by atoms with Crippen molar-refractivity contribution in [1.82, 2.24) is 29.9 Å². The van der Waals surface area contributed by atoms with E-state index in [0.717, 1.165) is 33.3 Å². The Morgan fingerprint density at radius 1 is 0.929 bits per heavy atom. The fourth-order valence-electron chi connectivity index (χ4n) is 3.24. The quantitative estimate of drug-likeness (QED) is 0.524. The SMILES string of the molecule is OCc1ccc(-c2cnc3nnn(Cc4cccc5cccnc45)c3n2)cc1. The maximum absolute atomic E-state index is 9.21. The Labute approximate surface area is 160 Å². The molecule has 0 atom stereocenters. The molecule has 3 aromatic heterocycles. The lowest BCUT2D eigenvalue weighted by Crippen LogP contribution is -2.04. The van der Waals surface area contributed by atoms with E-state index in [-0.39, 0.29) is 6.61 Å². The molecule has 0 saturated heterocycles. The van der Waals surface area contributed by atoms with Crippen LogP contribution in [0.2, 0.25) is 0 Å². The topological polar surface area (TPSA) is 89.6 Å². The number of aliphatic hydroxyl groups excluding tert-OH is 1. The lowest BCUT2D eigenvalue weighted by molar-refractivity contribution is 0.282. The number of para-hydroxylation sites is 1. The maximum atomic E-state index is 9.21. The molecule has 0 fully saturated rings. The van der Waals surface area contributed by atoms with E-state index in [1.807, 2.05) is 54.6 Å². The van der Waals surface area contributed by atoms with Crippen LogP contribution < -0.4 is 0 Å². The summed E-state index contributed by atoms with van der Waals surface area (Å²) < 4.78 is 1.75. The first-order valence-corrected chi connectivity index (χ1v) is 8.91. The highest BCUT2D eigenvalue weighted by Gasteiger charge is 2.12. The van der Waals surface area contributed by atoms with E-state index in [0.29, 0.717) is 17.8 Å². The zero-order valence-electron chi connectivity index (χ0n) is 14.9. The molecule has 5 rings (SSSR count). The van der Waals surface area contributed by atoms with Gasteiger partial charge < -0.3 is 5.11 Å². The molecule has 0 spiro atoms. The summed E-state index contributed by atoms with van der Waals surface area (Å²) in [5.41, 5.74) is 5.62. The van der Waals surface area contributed by atoms with Crippen LogP contribution in [0.1, 0.15) is 11.1 Å². The van der Waals surface area contributed by atoms with Gasteiger partial charge in [-0.05, 0) is 17.2 Å². The molecule has 0 unspecified atom stereocenters. The normalized spacial score (nSPS) is 11.3. The lowest BCUT2D eigenvalue weighted by Gasteiger charge is -2.06. The monoisotopic (exact) mass is 368 g/mol. The van der Waals surface area contributed by atoms with E-state index in [2.05, 4.69) is 20.3 Å². The van der Waals surface area contributed by atoms with Gasteiger partial charge in [-0.25, -0.2) is 14.6 Å². The predicted molar refractivity (Wildman–Crippen MR) is 105 cm³/mol. The average Bonchev–Trinajstić information content (AvgIpc) is 3.16. The standard InChI is InChI=1S/C21H16N6O/c28-13-14-6-8-15(9-7-14)18-11-23-20-21(24-18)27(26-25-20)12-17-4-1-3-16-5-2-10-22-19(16)17/h1-11,28H,12-13H2. The second-order valence-electron chi connectivity index (χ2n) is 6.50. The zero-order valence-corrected chi connectivity index (χ0v) is 14.9. The smallest absolute Gasteiger partial charge is 0.221 e. The van der Waals surface area contributed by atoms with Gasteiger partial charge in [0.1, 0.15) is 0 Å². The van der Waals surface area contributed by atoms with Crippen LogP contribution in [0.5, 0.6) is 0 Å². The average molecular weight is 368 g/mol. The summed E-state index contributed by atoms with van der Waals surface area (Å²) in [4.78, 5) is 13.6. The number of aliphatic hydroxyl groups is 1. The van der Waals surface area contributed by atoms with Gasteiger partial charge in [-0.3, -0.25) is 4.98 Å². The Kier molecular flexibility index (Phi) is 3.99. The van der Waals surface area contributed by atoms with Crippen molar-refractivity contribution < 1.29 is 5.11 Å².